The van der Waals surface area contributed by atoms with Crippen LogP contribution in [0.5, 0.6) is 0 Å². The lowest BCUT2D eigenvalue weighted by Crippen LogP contribution is -2.22. The largest absolute Gasteiger partial charge is 0.311 e. The van der Waals surface area contributed by atoms with E-state index >= 15 is 0 Å². The Kier molecular flexibility index (Phi) is 4.56. The van der Waals surface area contributed by atoms with Crippen LogP contribution in [0.15, 0.2) is 30.5 Å². The average molecular weight is 282 g/mol. The van der Waals surface area contributed by atoms with E-state index in [4.69, 9.17) is 11.6 Å². The highest BCUT2D eigenvalue weighted by Crippen LogP contribution is 2.23. The minimum Gasteiger partial charge on any atom is -0.311 e. The quantitative estimate of drug-likeness (QED) is 0.912. The molecule has 2 rings (SSSR count). The molecular weight excluding hydrogens is 265 g/mol. The summed E-state index contributed by atoms with van der Waals surface area (Å²) in [6, 6.07) is 7.05. The second kappa shape index (κ2) is 6.17. The lowest BCUT2D eigenvalue weighted by Gasteiger charge is -2.18. The summed E-state index contributed by atoms with van der Waals surface area (Å²) in [7, 11) is 1.86. The molecule has 1 aromatic carbocycles. The second-order valence-corrected chi connectivity index (χ2v) is 4.74. The van der Waals surface area contributed by atoms with Crippen LogP contribution in [0.1, 0.15) is 24.2 Å². The maximum atomic E-state index is 13.9. The third-order valence-corrected chi connectivity index (χ3v) is 3.50. The SMILES string of the molecule is CCn1nccc1C(Cc1cccc(Cl)c1F)NC. The van der Waals surface area contributed by atoms with E-state index in [1.165, 1.54) is 0 Å². The molecule has 3 nitrogen and oxygen atoms in total. The van der Waals surface area contributed by atoms with Crippen molar-refractivity contribution in [3.8, 4) is 0 Å². The maximum absolute atomic E-state index is 13.9. The second-order valence-electron chi connectivity index (χ2n) is 4.33. The zero-order valence-corrected chi connectivity index (χ0v) is 11.8. The van der Waals surface area contributed by atoms with E-state index in [1.54, 1.807) is 24.4 Å². The number of halogens is 2. The van der Waals surface area contributed by atoms with Crippen molar-refractivity contribution in [1.29, 1.82) is 0 Å². The first kappa shape index (κ1) is 14.0. The highest BCUT2D eigenvalue weighted by molar-refractivity contribution is 6.30. The van der Waals surface area contributed by atoms with Crippen LogP contribution >= 0.6 is 11.6 Å². The normalized spacial score (nSPS) is 12.6. The van der Waals surface area contributed by atoms with Gasteiger partial charge in [0.15, 0.2) is 0 Å². The summed E-state index contributed by atoms with van der Waals surface area (Å²) in [4.78, 5) is 0. The van der Waals surface area contributed by atoms with E-state index in [-0.39, 0.29) is 16.9 Å². The number of hydrogen-bond donors (Lipinski definition) is 1. The van der Waals surface area contributed by atoms with Crippen molar-refractivity contribution >= 4 is 11.6 Å². The summed E-state index contributed by atoms with van der Waals surface area (Å²) < 4.78 is 15.8. The van der Waals surface area contributed by atoms with E-state index in [9.17, 15) is 4.39 Å². The van der Waals surface area contributed by atoms with E-state index in [0.29, 0.717) is 12.0 Å². The van der Waals surface area contributed by atoms with Crippen LogP contribution < -0.4 is 5.32 Å². The van der Waals surface area contributed by atoms with Crippen LogP contribution in [0.2, 0.25) is 5.02 Å². The van der Waals surface area contributed by atoms with Crippen molar-refractivity contribution in [2.75, 3.05) is 7.05 Å². The first-order valence-electron chi connectivity index (χ1n) is 6.29. The topological polar surface area (TPSA) is 29.9 Å². The molecule has 0 fully saturated rings. The molecule has 1 N–H and O–H groups in total. The molecule has 1 atom stereocenters. The number of aryl methyl sites for hydroxylation is 1. The van der Waals surface area contributed by atoms with Crippen LogP contribution in [0, 0.1) is 5.82 Å². The number of rotatable bonds is 5. The van der Waals surface area contributed by atoms with Crippen LogP contribution in [0.4, 0.5) is 4.39 Å². The van der Waals surface area contributed by atoms with Gasteiger partial charge in [0.25, 0.3) is 0 Å². The predicted octanol–water partition coefficient (Wildman–Crippen LogP) is 3.20. The smallest absolute Gasteiger partial charge is 0.145 e. The number of likely N-dealkylation sites (N-methyl/N-ethyl adjacent to an activating group) is 1. The third-order valence-electron chi connectivity index (χ3n) is 3.21. The molecule has 0 amide bonds. The zero-order chi connectivity index (χ0) is 13.8. The zero-order valence-electron chi connectivity index (χ0n) is 11.0. The Morgan fingerprint density at radius 2 is 2.21 bits per heavy atom. The van der Waals surface area contributed by atoms with Crippen LogP contribution in [0.3, 0.4) is 0 Å². The fraction of sp³-hybridized carbons (Fsp3) is 0.357. The number of aromatic nitrogens is 2. The summed E-state index contributed by atoms with van der Waals surface area (Å²) in [5.74, 6) is -0.341. The monoisotopic (exact) mass is 281 g/mol. The molecule has 1 heterocycles. The van der Waals surface area contributed by atoms with Gasteiger partial charge < -0.3 is 5.32 Å². The van der Waals surface area contributed by atoms with Crippen LogP contribution in [-0.4, -0.2) is 16.8 Å². The Morgan fingerprint density at radius 1 is 1.42 bits per heavy atom. The first-order valence-corrected chi connectivity index (χ1v) is 6.67. The van der Waals surface area contributed by atoms with Gasteiger partial charge in [0.05, 0.1) is 16.8 Å². The Labute approximate surface area is 117 Å². The lowest BCUT2D eigenvalue weighted by molar-refractivity contribution is 0.502. The summed E-state index contributed by atoms with van der Waals surface area (Å²) >= 11 is 5.81. The van der Waals surface area contributed by atoms with Gasteiger partial charge in [-0.2, -0.15) is 5.10 Å². The van der Waals surface area contributed by atoms with Crippen molar-refractivity contribution in [3.63, 3.8) is 0 Å². The van der Waals surface area contributed by atoms with E-state index in [2.05, 4.69) is 10.4 Å². The van der Waals surface area contributed by atoms with Gasteiger partial charge in [-0.1, -0.05) is 23.7 Å². The summed E-state index contributed by atoms with van der Waals surface area (Å²) in [5.41, 5.74) is 1.65. The van der Waals surface area contributed by atoms with Crippen molar-refractivity contribution in [2.24, 2.45) is 0 Å². The predicted molar refractivity (Wildman–Crippen MR) is 74.8 cm³/mol. The molecule has 102 valence electrons. The highest BCUT2D eigenvalue weighted by atomic mass is 35.5. The minimum absolute atomic E-state index is 0.00965. The number of benzene rings is 1. The van der Waals surface area contributed by atoms with E-state index in [1.807, 2.05) is 24.7 Å². The number of nitrogens with one attached hydrogen (secondary N) is 1. The molecule has 0 saturated heterocycles. The molecule has 0 radical (unpaired) electrons. The van der Waals surface area contributed by atoms with Gasteiger partial charge in [-0.15, -0.1) is 0 Å². The van der Waals surface area contributed by atoms with Gasteiger partial charge in [-0.25, -0.2) is 4.39 Å². The molecule has 19 heavy (non-hydrogen) atoms. The standard InChI is InChI=1S/C14H17ClFN3/c1-3-19-13(7-8-18-19)12(17-2)9-10-5-4-6-11(15)14(10)16/h4-8,12,17H,3,9H2,1-2H3. The molecule has 1 unspecified atom stereocenters. The first-order chi connectivity index (χ1) is 9.17. The van der Waals surface area contributed by atoms with Gasteiger partial charge in [-0.05, 0) is 38.1 Å². The Morgan fingerprint density at radius 3 is 2.89 bits per heavy atom. The molecule has 5 heteroatoms. The maximum Gasteiger partial charge on any atom is 0.145 e. The fourth-order valence-electron chi connectivity index (χ4n) is 2.18. The van der Waals surface area contributed by atoms with Crippen LogP contribution in [0.25, 0.3) is 0 Å². The van der Waals surface area contributed by atoms with Crippen molar-refractivity contribution < 1.29 is 4.39 Å². The van der Waals surface area contributed by atoms with E-state index < -0.39 is 0 Å². The molecular formula is C14H17ClFN3. The van der Waals surface area contributed by atoms with Gasteiger partial charge >= 0.3 is 0 Å². The molecule has 0 aliphatic rings. The molecule has 1 aromatic heterocycles. The van der Waals surface area contributed by atoms with Gasteiger partial charge in [0.1, 0.15) is 5.82 Å². The molecule has 0 saturated carbocycles. The Balaban J connectivity index is 2.27. The molecule has 0 aliphatic carbocycles. The van der Waals surface area contributed by atoms with Gasteiger partial charge in [0, 0.05) is 12.7 Å². The molecule has 0 bridgehead atoms. The van der Waals surface area contributed by atoms with Gasteiger partial charge in [-0.3, -0.25) is 4.68 Å². The summed E-state index contributed by atoms with van der Waals surface area (Å²) in [5, 5.41) is 7.61. The van der Waals surface area contributed by atoms with Gasteiger partial charge in [0.2, 0.25) is 0 Å². The number of hydrogen-bond acceptors (Lipinski definition) is 2. The number of nitrogens with zero attached hydrogens (tertiary/aromatic N) is 2. The average Bonchev–Trinajstić information content (AvgIpc) is 2.88. The molecule has 0 spiro atoms. The summed E-state index contributed by atoms with van der Waals surface area (Å²) in [6.45, 7) is 2.82. The van der Waals surface area contributed by atoms with Crippen molar-refractivity contribution in [3.05, 3.63) is 52.6 Å². The Bertz CT molecular complexity index is 553. The fourth-order valence-corrected chi connectivity index (χ4v) is 2.38. The highest BCUT2D eigenvalue weighted by Gasteiger charge is 2.17. The summed E-state index contributed by atoms with van der Waals surface area (Å²) in [6.07, 6.45) is 2.30. The van der Waals surface area contributed by atoms with Crippen molar-refractivity contribution in [1.82, 2.24) is 15.1 Å². The van der Waals surface area contributed by atoms with Crippen LogP contribution in [-0.2, 0) is 13.0 Å². The third kappa shape index (κ3) is 2.96. The lowest BCUT2D eigenvalue weighted by atomic mass is 10.0. The minimum atomic E-state index is -0.341. The Hall–Kier alpha value is -1.39. The van der Waals surface area contributed by atoms with Crippen molar-refractivity contribution in [2.45, 2.75) is 25.9 Å². The molecule has 2 aromatic rings. The molecule has 0 aliphatic heterocycles. The van der Waals surface area contributed by atoms with E-state index in [0.717, 1.165) is 12.2 Å².